The maximum absolute atomic E-state index is 11.3. The van der Waals surface area contributed by atoms with Gasteiger partial charge in [0.05, 0.1) is 31.0 Å². The molecule has 0 saturated carbocycles. The summed E-state index contributed by atoms with van der Waals surface area (Å²) in [5, 5.41) is 13.1. The summed E-state index contributed by atoms with van der Waals surface area (Å²) < 4.78 is 4.55. The van der Waals surface area contributed by atoms with E-state index in [1.54, 1.807) is 0 Å². The van der Waals surface area contributed by atoms with Crippen LogP contribution < -0.4 is 11.1 Å². The second-order valence-electron chi connectivity index (χ2n) is 3.95. The van der Waals surface area contributed by atoms with Crippen LogP contribution in [0.15, 0.2) is 24.3 Å². The van der Waals surface area contributed by atoms with E-state index in [0.29, 0.717) is 5.56 Å². The first-order chi connectivity index (χ1) is 9.47. The highest BCUT2D eigenvalue weighted by atomic mass is 35.5. The topological polar surface area (TPSA) is 125 Å². The van der Waals surface area contributed by atoms with E-state index in [1.165, 1.54) is 31.4 Å². The highest BCUT2D eigenvalue weighted by Crippen LogP contribution is 2.20. The normalized spacial score (nSPS) is 11.0. The molecule has 21 heavy (non-hydrogen) atoms. The lowest BCUT2D eigenvalue weighted by Crippen LogP contribution is -2.35. The van der Waals surface area contributed by atoms with Gasteiger partial charge in [0.1, 0.15) is 0 Å². The van der Waals surface area contributed by atoms with E-state index in [0.717, 1.165) is 0 Å². The predicted molar refractivity (Wildman–Crippen MR) is 76.9 cm³/mol. The number of nitro groups is 1. The number of methoxy groups -OCH3 is 1. The summed E-state index contributed by atoms with van der Waals surface area (Å²) in [5.41, 5.74) is 5.69. The van der Waals surface area contributed by atoms with Crippen LogP contribution in [0, 0.1) is 10.1 Å². The minimum Gasteiger partial charge on any atom is -0.469 e. The summed E-state index contributed by atoms with van der Waals surface area (Å²) in [4.78, 5) is 32.7. The fraction of sp³-hybridized carbons (Fsp3) is 0.333. The Bertz CT molecular complexity index is 488. The average Bonchev–Trinajstić information content (AvgIpc) is 2.46. The number of carbonyl (C=O) groups excluding carboxylic acids is 2. The molecule has 9 heteroatoms. The Labute approximate surface area is 127 Å². The van der Waals surface area contributed by atoms with Crippen molar-refractivity contribution in [2.45, 2.75) is 12.5 Å². The van der Waals surface area contributed by atoms with E-state index >= 15 is 0 Å². The van der Waals surface area contributed by atoms with Gasteiger partial charge in [-0.05, 0) is 5.56 Å². The van der Waals surface area contributed by atoms with Gasteiger partial charge in [0.25, 0.3) is 5.69 Å². The standard InChI is InChI=1S/C12H15N3O5.ClH/c1-20-12(17)6-10(14-11(16)7-13)8-2-4-9(5-3-8)15(18)19;/h2-5,10H,6-7,13H2,1H3,(H,14,16);1H. The van der Waals surface area contributed by atoms with Crippen LogP contribution in [0.3, 0.4) is 0 Å². The van der Waals surface area contributed by atoms with Crippen LogP contribution in [0.25, 0.3) is 0 Å². The zero-order chi connectivity index (χ0) is 15.1. The first-order valence-electron chi connectivity index (χ1n) is 5.78. The van der Waals surface area contributed by atoms with Gasteiger partial charge in [-0.3, -0.25) is 19.7 Å². The van der Waals surface area contributed by atoms with E-state index in [9.17, 15) is 19.7 Å². The molecular formula is C12H16ClN3O5. The molecule has 0 aliphatic carbocycles. The Balaban J connectivity index is 0.00000400. The fourth-order valence-corrected chi connectivity index (χ4v) is 1.58. The molecule has 0 aromatic heterocycles. The lowest BCUT2D eigenvalue weighted by atomic mass is 10.0. The third-order valence-electron chi connectivity index (χ3n) is 2.63. The molecule has 1 aromatic carbocycles. The van der Waals surface area contributed by atoms with Gasteiger partial charge in [-0.25, -0.2) is 0 Å². The van der Waals surface area contributed by atoms with Crippen LogP contribution in [0.4, 0.5) is 5.69 Å². The Morgan fingerprint density at radius 1 is 1.38 bits per heavy atom. The second kappa shape index (κ2) is 8.88. The number of halogens is 1. The smallest absolute Gasteiger partial charge is 0.307 e. The van der Waals surface area contributed by atoms with Gasteiger partial charge in [0, 0.05) is 12.1 Å². The lowest BCUT2D eigenvalue weighted by Gasteiger charge is -2.17. The molecule has 0 heterocycles. The molecule has 1 amide bonds. The number of nitrogens with two attached hydrogens (primary N) is 1. The van der Waals surface area contributed by atoms with Gasteiger partial charge in [-0.2, -0.15) is 0 Å². The van der Waals surface area contributed by atoms with Crippen LogP contribution in [-0.2, 0) is 14.3 Å². The van der Waals surface area contributed by atoms with Crippen molar-refractivity contribution >= 4 is 30.0 Å². The van der Waals surface area contributed by atoms with E-state index in [4.69, 9.17) is 5.73 Å². The summed E-state index contributed by atoms with van der Waals surface area (Å²) in [5.74, 6) is -0.942. The number of hydrogen-bond acceptors (Lipinski definition) is 6. The SMILES string of the molecule is COC(=O)CC(NC(=O)CN)c1ccc([N+](=O)[O-])cc1.Cl. The summed E-state index contributed by atoms with van der Waals surface area (Å²) in [6, 6.07) is 4.91. The first kappa shape index (κ1) is 18.8. The monoisotopic (exact) mass is 317 g/mol. The molecule has 0 saturated heterocycles. The van der Waals surface area contributed by atoms with Crippen LogP contribution in [0.2, 0.25) is 0 Å². The van der Waals surface area contributed by atoms with E-state index in [-0.39, 0.29) is 31.1 Å². The molecule has 0 bridgehead atoms. The van der Waals surface area contributed by atoms with Crippen molar-refractivity contribution in [2.24, 2.45) is 5.73 Å². The van der Waals surface area contributed by atoms with Gasteiger partial charge in [-0.15, -0.1) is 12.4 Å². The molecule has 0 aliphatic rings. The Morgan fingerprint density at radius 3 is 2.38 bits per heavy atom. The summed E-state index contributed by atoms with van der Waals surface area (Å²) >= 11 is 0. The Kier molecular flexibility index (Phi) is 7.95. The Morgan fingerprint density at radius 2 is 1.95 bits per heavy atom. The fourth-order valence-electron chi connectivity index (χ4n) is 1.58. The van der Waals surface area contributed by atoms with Gasteiger partial charge in [-0.1, -0.05) is 12.1 Å². The molecule has 1 aromatic rings. The number of esters is 1. The van der Waals surface area contributed by atoms with Crippen molar-refractivity contribution < 1.29 is 19.2 Å². The van der Waals surface area contributed by atoms with Gasteiger partial charge in [0.15, 0.2) is 0 Å². The van der Waals surface area contributed by atoms with Crippen molar-refractivity contribution in [3.63, 3.8) is 0 Å². The third-order valence-corrected chi connectivity index (χ3v) is 2.63. The minimum atomic E-state index is -0.640. The molecule has 1 unspecified atom stereocenters. The highest BCUT2D eigenvalue weighted by molar-refractivity contribution is 5.85. The lowest BCUT2D eigenvalue weighted by molar-refractivity contribution is -0.384. The molecule has 0 aliphatic heterocycles. The minimum absolute atomic E-state index is 0. The summed E-state index contributed by atoms with van der Waals surface area (Å²) in [7, 11) is 1.24. The zero-order valence-corrected chi connectivity index (χ0v) is 12.1. The number of nitrogens with one attached hydrogen (secondary N) is 1. The van der Waals surface area contributed by atoms with E-state index in [2.05, 4.69) is 10.1 Å². The van der Waals surface area contributed by atoms with Crippen LogP contribution in [0.1, 0.15) is 18.0 Å². The highest BCUT2D eigenvalue weighted by Gasteiger charge is 2.19. The number of hydrogen-bond donors (Lipinski definition) is 2. The zero-order valence-electron chi connectivity index (χ0n) is 11.3. The number of carbonyl (C=O) groups is 2. The molecule has 1 atom stereocenters. The maximum Gasteiger partial charge on any atom is 0.307 e. The first-order valence-corrected chi connectivity index (χ1v) is 5.78. The van der Waals surface area contributed by atoms with Crippen LogP contribution in [-0.4, -0.2) is 30.5 Å². The van der Waals surface area contributed by atoms with Gasteiger partial charge >= 0.3 is 5.97 Å². The summed E-state index contributed by atoms with van der Waals surface area (Å²) in [6.07, 6.45) is -0.0833. The number of nitrogens with zero attached hydrogens (tertiary/aromatic N) is 1. The van der Waals surface area contributed by atoms with Crippen molar-refractivity contribution in [2.75, 3.05) is 13.7 Å². The number of benzene rings is 1. The van der Waals surface area contributed by atoms with Crippen LogP contribution in [0.5, 0.6) is 0 Å². The average molecular weight is 318 g/mol. The van der Waals surface area contributed by atoms with Crippen LogP contribution >= 0.6 is 12.4 Å². The van der Waals surface area contributed by atoms with Crippen molar-refractivity contribution in [1.82, 2.24) is 5.32 Å². The Hall–Kier alpha value is -2.19. The summed E-state index contributed by atoms with van der Waals surface area (Å²) in [6.45, 7) is -0.218. The predicted octanol–water partition coefficient (Wildman–Crippen LogP) is 0.696. The third kappa shape index (κ3) is 5.76. The molecule has 3 N–H and O–H groups in total. The second-order valence-corrected chi connectivity index (χ2v) is 3.95. The van der Waals surface area contributed by atoms with Gasteiger partial charge < -0.3 is 15.8 Å². The molecule has 0 spiro atoms. The number of non-ortho nitro benzene ring substituents is 1. The number of rotatable bonds is 6. The van der Waals surface area contributed by atoms with Crippen molar-refractivity contribution in [3.8, 4) is 0 Å². The molecule has 0 radical (unpaired) electrons. The molecule has 1 rings (SSSR count). The number of amides is 1. The van der Waals surface area contributed by atoms with E-state index in [1.807, 2.05) is 0 Å². The molecule has 8 nitrogen and oxygen atoms in total. The molecular weight excluding hydrogens is 302 g/mol. The largest absolute Gasteiger partial charge is 0.469 e. The maximum atomic E-state index is 11.3. The van der Waals surface area contributed by atoms with Gasteiger partial charge in [0.2, 0.25) is 5.91 Å². The van der Waals surface area contributed by atoms with E-state index < -0.39 is 22.8 Å². The molecule has 116 valence electrons. The van der Waals surface area contributed by atoms with Crippen molar-refractivity contribution in [3.05, 3.63) is 39.9 Å². The van der Waals surface area contributed by atoms with Crippen molar-refractivity contribution in [1.29, 1.82) is 0 Å². The number of nitro benzene ring substituents is 1. The number of ether oxygens (including phenoxy) is 1. The quantitative estimate of drug-likeness (QED) is 0.452. The molecule has 0 fully saturated rings.